The molecule has 0 amide bonds. The van der Waals surface area contributed by atoms with Crippen LogP contribution in [0.25, 0.3) is 0 Å². The van der Waals surface area contributed by atoms with Gasteiger partial charge in [-0.25, -0.2) is 4.99 Å². The van der Waals surface area contributed by atoms with Crippen LogP contribution in [-0.2, 0) is 26.7 Å². The highest BCUT2D eigenvalue weighted by molar-refractivity contribution is 14.0. The minimum absolute atomic E-state index is 0. The fraction of sp³-hybridized carbons (Fsp3) is 0.500. The smallest absolute Gasteiger partial charge is 0.191 e. The first-order chi connectivity index (χ1) is 12.4. The molecule has 0 spiro atoms. The molecule has 1 heterocycles. The first-order valence-electron chi connectivity index (χ1n) is 9.14. The molecule has 0 saturated carbocycles. The zero-order valence-electron chi connectivity index (χ0n) is 17.3. The Morgan fingerprint density at radius 1 is 1.19 bits per heavy atom. The van der Waals surface area contributed by atoms with Crippen LogP contribution in [0.2, 0.25) is 0 Å². The predicted molar refractivity (Wildman–Crippen MR) is 124 cm³/mol. The molecule has 6 nitrogen and oxygen atoms in total. The highest BCUT2D eigenvalue weighted by Crippen LogP contribution is 2.11. The Bertz CT molecular complexity index is 751. The number of hydrogen-bond acceptors (Lipinski definition) is 3. The molecule has 0 saturated heterocycles. The third-order valence-corrected chi connectivity index (χ3v) is 4.35. The van der Waals surface area contributed by atoms with Crippen molar-refractivity contribution in [1.82, 2.24) is 25.3 Å². The SMILES string of the molecule is CCNC(=NCc1cccc(CN(C)C)c1)NCc1c(C)nn(C)c1C.I. The van der Waals surface area contributed by atoms with E-state index in [2.05, 4.69) is 72.8 Å². The Labute approximate surface area is 180 Å². The number of halogens is 1. The van der Waals surface area contributed by atoms with Gasteiger partial charge in [-0.15, -0.1) is 24.0 Å². The highest BCUT2D eigenvalue weighted by atomic mass is 127. The van der Waals surface area contributed by atoms with Crippen molar-refractivity contribution >= 4 is 29.9 Å². The summed E-state index contributed by atoms with van der Waals surface area (Å²) in [7, 11) is 6.15. The molecule has 7 heteroatoms. The molecule has 0 radical (unpaired) electrons. The summed E-state index contributed by atoms with van der Waals surface area (Å²) in [5, 5.41) is 11.2. The second-order valence-electron chi connectivity index (χ2n) is 6.88. The van der Waals surface area contributed by atoms with E-state index >= 15 is 0 Å². The summed E-state index contributed by atoms with van der Waals surface area (Å²) >= 11 is 0. The molecule has 1 aromatic heterocycles. The average molecular weight is 484 g/mol. The van der Waals surface area contributed by atoms with Gasteiger partial charge in [0.2, 0.25) is 0 Å². The number of benzene rings is 1. The number of guanidine groups is 1. The van der Waals surface area contributed by atoms with Crippen LogP contribution in [0.5, 0.6) is 0 Å². The third kappa shape index (κ3) is 7.14. The van der Waals surface area contributed by atoms with Gasteiger partial charge in [0.25, 0.3) is 0 Å². The zero-order chi connectivity index (χ0) is 19.1. The Hall–Kier alpha value is -1.61. The minimum Gasteiger partial charge on any atom is -0.357 e. The van der Waals surface area contributed by atoms with Gasteiger partial charge >= 0.3 is 0 Å². The van der Waals surface area contributed by atoms with Crippen molar-refractivity contribution in [2.24, 2.45) is 12.0 Å². The van der Waals surface area contributed by atoms with Crippen molar-refractivity contribution in [2.75, 3.05) is 20.6 Å². The van der Waals surface area contributed by atoms with Gasteiger partial charge in [-0.3, -0.25) is 4.68 Å². The van der Waals surface area contributed by atoms with E-state index in [1.807, 2.05) is 18.7 Å². The Kier molecular flexibility index (Phi) is 9.79. The van der Waals surface area contributed by atoms with Crippen LogP contribution in [-0.4, -0.2) is 41.3 Å². The van der Waals surface area contributed by atoms with Gasteiger partial charge in [0, 0.05) is 37.9 Å². The lowest BCUT2D eigenvalue weighted by molar-refractivity contribution is 0.402. The van der Waals surface area contributed by atoms with Gasteiger partial charge < -0.3 is 15.5 Å². The topological polar surface area (TPSA) is 57.5 Å². The minimum atomic E-state index is 0. The van der Waals surface area contributed by atoms with Crippen molar-refractivity contribution in [1.29, 1.82) is 0 Å². The standard InChI is InChI=1S/C20H32N6.HI/c1-7-21-20(23-13-19-15(2)24-26(6)16(19)3)22-12-17-9-8-10-18(11-17)14-25(4)5;/h8-11H,7,12-14H2,1-6H3,(H2,21,22,23);1H. The summed E-state index contributed by atoms with van der Waals surface area (Å²) in [5.74, 6) is 0.827. The number of rotatable bonds is 7. The number of aliphatic imine (C=N–C) groups is 1. The van der Waals surface area contributed by atoms with Crippen LogP contribution in [0.4, 0.5) is 0 Å². The molecule has 0 unspecified atom stereocenters. The second-order valence-corrected chi connectivity index (χ2v) is 6.88. The van der Waals surface area contributed by atoms with E-state index in [9.17, 15) is 0 Å². The lowest BCUT2D eigenvalue weighted by Crippen LogP contribution is -2.37. The summed E-state index contributed by atoms with van der Waals surface area (Å²) in [6.07, 6.45) is 0. The molecule has 150 valence electrons. The van der Waals surface area contributed by atoms with Gasteiger partial charge in [0.15, 0.2) is 5.96 Å². The largest absolute Gasteiger partial charge is 0.357 e. The van der Waals surface area contributed by atoms with Crippen LogP contribution in [0.1, 0.15) is 35.0 Å². The van der Waals surface area contributed by atoms with Crippen molar-refractivity contribution in [3.05, 3.63) is 52.3 Å². The molecular formula is C20H33IN6. The summed E-state index contributed by atoms with van der Waals surface area (Å²) in [5.41, 5.74) is 6.00. The first kappa shape index (κ1) is 23.4. The van der Waals surface area contributed by atoms with E-state index < -0.39 is 0 Å². The molecule has 0 fully saturated rings. The first-order valence-corrected chi connectivity index (χ1v) is 9.14. The maximum absolute atomic E-state index is 4.74. The number of aromatic nitrogens is 2. The van der Waals surface area contributed by atoms with Gasteiger partial charge in [-0.2, -0.15) is 5.10 Å². The fourth-order valence-electron chi connectivity index (χ4n) is 2.95. The number of nitrogens with one attached hydrogen (secondary N) is 2. The maximum Gasteiger partial charge on any atom is 0.191 e. The Morgan fingerprint density at radius 2 is 1.89 bits per heavy atom. The van der Waals surface area contributed by atoms with E-state index in [-0.39, 0.29) is 24.0 Å². The molecule has 0 bridgehead atoms. The van der Waals surface area contributed by atoms with E-state index in [0.29, 0.717) is 6.54 Å². The molecule has 0 atom stereocenters. The van der Waals surface area contributed by atoms with Crippen molar-refractivity contribution in [3.8, 4) is 0 Å². The van der Waals surface area contributed by atoms with E-state index in [4.69, 9.17) is 4.99 Å². The summed E-state index contributed by atoms with van der Waals surface area (Å²) in [4.78, 5) is 6.91. The Morgan fingerprint density at radius 3 is 2.48 bits per heavy atom. The summed E-state index contributed by atoms with van der Waals surface area (Å²) in [6.45, 7) is 9.36. The van der Waals surface area contributed by atoms with Crippen LogP contribution >= 0.6 is 24.0 Å². The molecule has 1 aromatic carbocycles. The van der Waals surface area contributed by atoms with Crippen molar-refractivity contribution in [2.45, 2.75) is 40.4 Å². The zero-order valence-corrected chi connectivity index (χ0v) is 19.7. The second kappa shape index (κ2) is 11.3. The average Bonchev–Trinajstić information content (AvgIpc) is 2.82. The monoisotopic (exact) mass is 484 g/mol. The molecular weight excluding hydrogens is 451 g/mol. The molecule has 0 aliphatic carbocycles. The fourth-order valence-corrected chi connectivity index (χ4v) is 2.95. The van der Waals surface area contributed by atoms with Gasteiger partial charge in [0.1, 0.15) is 0 Å². The molecule has 2 rings (SSSR count). The number of aryl methyl sites for hydroxylation is 2. The highest BCUT2D eigenvalue weighted by Gasteiger charge is 2.09. The molecule has 0 aliphatic heterocycles. The molecule has 2 N–H and O–H groups in total. The van der Waals surface area contributed by atoms with Crippen LogP contribution in [0.15, 0.2) is 29.3 Å². The molecule has 27 heavy (non-hydrogen) atoms. The van der Waals surface area contributed by atoms with Crippen LogP contribution < -0.4 is 10.6 Å². The maximum atomic E-state index is 4.74. The van der Waals surface area contributed by atoms with E-state index in [1.54, 1.807) is 0 Å². The number of nitrogens with zero attached hydrogens (tertiary/aromatic N) is 4. The number of hydrogen-bond donors (Lipinski definition) is 2. The molecule has 2 aromatic rings. The Balaban J connectivity index is 0.00000364. The quantitative estimate of drug-likeness (QED) is 0.361. The lowest BCUT2D eigenvalue weighted by Gasteiger charge is -2.13. The third-order valence-electron chi connectivity index (χ3n) is 4.35. The van der Waals surface area contributed by atoms with Crippen LogP contribution in [0, 0.1) is 13.8 Å². The predicted octanol–water partition coefficient (Wildman–Crippen LogP) is 2.97. The lowest BCUT2D eigenvalue weighted by atomic mass is 10.1. The van der Waals surface area contributed by atoms with E-state index in [0.717, 1.165) is 31.3 Å². The van der Waals surface area contributed by atoms with Gasteiger partial charge in [-0.1, -0.05) is 24.3 Å². The normalized spacial score (nSPS) is 11.4. The van der Waals surface area contributed by atoms with Crippen molar-refractivity contribution in [3.63, 3.8) is 0 Å². The summed E-state index contributed by atoms with van der Waals surface area (Å²) < 4.78 is 1.92. The van der Waals surface area contributed by atoms with E-state index in [1.165, 1.54) is 22.4 Å². The van der Waals surface area contributed by atoms with Gasteiger partial charge in [-0.05, 0) is 46.0 Å². The van der Waals surface area contributed by atoms with Crippen molar-refractivity contribution < 1.29 is 0 Å². The summed E-state index contributed by atoms with van der Waals surface area (Å²) in [6, 6.07) is 8.61. The van der Waals surface area contributed by atoms with Crippen LogP contribution in [0.3, 0.4) is 0 Å². The molecule has 0 aliphatic rings. The van der Waals surface area contributed by atoms with Gasteiger partial charge in [0.05, 0.1) is 12.2 Å².